The van der Waals surface area contributed by atoms with E-state index in [1.807, 2.05) is 0 Å². The molecule has 0 bridgehead atoms. The van der Waals surface area contributed by atoms with E-state index in [0.717, 1.165) is 0 Å². The summed E-state index contributed by atoms with van der Waals surface area (Å²) in [7, 11) is 0. The second kappa shape index (κ2) is 3.21. The summed E-state index contributed by atoms with van der Waals surface area (Å²) in [5.74, 6) is -2.11. The van der Waals surface area contributed by atoms with Gasteiger partial charge < -0.3 is 5.11 Å². The van der Waals surface area contributed by atoms with Gasteiger partial charge in [0.25, 0.3) is 5.91 Å². The van der Waals surface area contributed by atoms with Gasteiger partial charge in [0.1, 0.15) is 0 Å². The molecule has 0 saturated carbocycles. The summed E-state index contributed by atoms with van der Waals surface area (Å²) in [6.07, 6.45) is -4.65. The van der Waals surface area contributed by atoms with E-state index < -0.39 is 30.6 Å². The Hall–Kier alpha value is -1.31. The van der Waals surface area contributed by atoms with Gasteiger partial charge in [0.2, 0.25) is 5.84 Å². The van der Waals surface area contributed by atoms with Crippen LogP contribution in [-0.2, 0) is 4.79 Å². The number of carbonyl (C=O) groups excluding carboxylic acids is 1. The van der Waals surface area contributed by atoms with Crippen molar-refractivity contribution in [3.63, 3.8) is 0 Å². The lowest BCUT2D eigenvalue weighted by Crippen LogP contribution is -2.56. The van der Waals surface area contributed by atoms with Crippen molar-refractivity contribution in [1.82, 2.24) is 10.9 Å². The summed E-state index contributed by atoms with van der Waals surface area (Å²) in [6, 6.07) is -1.39. The minimum absolute atomic E-state index is 0.757. The third kappa shape index (κ3) is 2.08. The van der Waals surface area contributed by atoms with Gasteiger partial charge in [0.15, 0.2) is 6.04 Å². The number of nitrogens with zero attached hydrogens (tertiary/aromatic N) is 1. The molecule has 0 aromatic rings. The summed E-state index contributed by atoms with van der Waals surface area (Å²) in [5.41, 5.74) is 3.33. The van der Waals surface area contributed by atoms with Crippen LogP contribution < -0.4 is 10.9 Å². The Balaban J connectivity index is 2.84. The normalized spacial score (nSPS) is 23.2. The number of nitrogens with one attached hydrogen (secondary N) is 2. The van der Waals surface area contributed by atoms with Gasteiger partial charge in [-0.25, -0.2) is 4.99 Å². The van der Waals surface area contributed by atoms with Crippen molar-refractivity contribution in [2.75, 3.05) is 6.61 Å². The van der Waals surface area contributed by atoms with Crippen LogP contribution in [0.4, 0.5) is 13.2 Å². The first-order valence-electron chi connectivity index (χ1n) is 3.27. The monoisotopic (exact) mass is 197 g/mol. The number of rotatable bonds is 1. The van der Waals surface area contributed by atoms with Gasteiger partial charge >= 0.3 is 6.18 Å². The molecule has 13 heavy (non-hydrogen) atoms. The minimum Gasteiger partial charge on any atom is -0.394 e. The van der Waals surface area contributed by atoms with E-state index in [0.29, 0.717) is 0 Å². The number of aliphatic imine (C=N–C) groups is 1. The average molecular weight is 197 g/mol. The number of hydrogen-bond donors (Lipinski definition) is 3. The number of aliphatic hydroxyl groups is 1. The fourth-order valence-electron chi connectivity index (χ4n) is 0.719. The number of amidine groups is 1. The van der Waals surface area contributed by atoms with Crippen molar-refractivity contribution >= 4 is 11.7 Å². The topological polar surface area (TPSA) is 73.7 Å². The Kier molecular flexibility index (Phi) is 2.41. The molecule has 1 heterocycles. The zero-order valence-corrected chi connectivity index (χ0v) is 6.22. The zero-order valence-electron chi connectivity index (χ0n) is 6.22. The highest BCUT2D eigenvalue weighted by Gasteiger charge is 2.40. The first-order valence-corrected chi connectivity index (χ1v) is 3.27. The second-order valence-corrected chi connectivity index (χ2v) is 2.29. The van der Waals surface area contributed by atoms with Crippen molar-refractivity contribution in [3.05, 3.63) is 0 Å². The van der Waals surface area contributed by atoms with Crippen molar-refractivity contribution in [2.45, 2.75) is 12.2 Å². The number of aliphatic hydroxyl groups excluding tert-OH is 1. The fourth-order valence-corrected chi connectivity index (χ4v) is 0.719. The molecule has 1 aliphatic rings. The minimum atomic E-state index is -4.65. The van der Waals surface area contributed by atoms with E-state index in [2.05, 4.69) is 4.99 Å². The molecule has 0 aliphatic carbocycles. The molecule has 1 aliphatic heterocycles. The zero-order chi connectivity index (χ0) is 10.1. The van der Waals surface area contributed by atoms with Crippen LogP contribution in [0.25, 0.3) is 0 Å². The third-order valence-electron chi connectivity index (χ3n) is 1.33. The highest BCUT2D eigenvalue weighted by molar-refractivity contribution is 5.96. The highest BCUT2D eigenvalue weighted by atomic mass is 19.4. The van der Waals surface area contributed by atoms with Crippen LogP contribution >= 0.6 is 0 Å². The lowest BCUT2D eigenvalue weighted by molar-refractivity contribution is -0.124. The van der Waals surface area contributed by atoms with Crippen molar-refractivity contribution in [1.29, 1.82) is 0 Å². The molecule has 8 heteroatoms. The van der Waals surface area contributed by atoms with E-state index in [1.54, 1.807) is 10.9 Å². The first kappa shape index (κ1) is 9.78. The molecule has 1 atom stereocenters. The molecule has 0 aromatic carbocycles. The largest absolute Gasteiger partial charge is 0.450 e. The van der Waals surface area contributed by atoms with Gasteiger partial charge in [-0.15, -0.1) is 0 Å². The molecule has 1 unspecified atom stereocenters. The van der Waals surface area contributed by atoms with Crippen molar-refractivity contribution in [3.8, 4) is 0 Å². The summed E-state index contributed by atoms with van der Waals surface area (Å²) in [6.45, 7) is -0.757. The summed E-state index contributed by atoms with van der Waals surface area (Å²) < 4.78 is 35.9. The number of carbonyl (C=O) groups is 1. The molecule has 1 rings (SSSR count). The molecule has 0 aromatic heterocycles. The first-order chi connectivity index (χ1) is 5.95. The maximum Gasteiger partial charge on any atom is 0.450 e. The van der Waals surface area contributed by atoms with E-state index >= 15 is 0 Å². The fraction of sp³-hybridized carbons (Fsp3) is 0.600. The lowest BCUT2D eigenvalue weighted by atomic mass is 10.3. The Morgan fingerprint density at radius 3 is 2.54 bits per heavy atom. The maximum atomic E-state index is 12.0. The lowest BCUT2D eigenvalue weighted by Gasteiger charge is -2.21. The SMILES string of the molecule is O=C1NNC(C(F)(F)F)=NC1CO. The van der Waals surface area contributed by atoms with Gasteiger partial charge in [0.05, 0.1) is 6.61 Å². The number of hydrogen-bond acceptors (Lipinski definition) is 4. The van der Waals surface area contributed by atoms with Crippen molar-refractivity contribution < 1.29 is 23.1 Å². The molecule has 1 amide bonds. The Morgan fingerprint density at radius 1 is 1.46 bits per heavy atom. The van der Waals surface area contributed by atoms with E-state index in [1.165, 1.54) is 0 Å². The summed E-state index contributed by atoms with van der Waals surface area (Å²) in [4.78, 5) is 13.7. The van der Waals surface area contributed by atoms with Crippen LogP contribution in [0.15, 0.2) is 4.99 Å². The Bertz CT molecular complexity index is 250. The van der Waals surface area contributed by atoms with Crippen molar-refractivity contribution in [2.24, 2.45) is 4.99 Å². The molecule has 0 spiro atoms. The third-order valence-corrected chi connectivity index (χ3v) is 1.33. The number of amides is 1. The van der Waals surface area contributed by atoms with Crippen LogP contribution in [0.2, 0.25) is 0 Å². The maximum absolute atomic E-state index is 12.0. The molecule has 0 saturated heterocycles. The smallest absolute Gasteiger partial charge is 0.394 e. The Labute approximate surface area is 70.6 Å². The molecule has 0 fully saturated rings. The van der Waals surface area contributed by atoms with Crippen LogP contribution in [-0.4, -0.2) is 35.7 Å². The summed E-state index contributed by atoms with van der Waals surface area (Å²) >= 11 is 0. The van der Waals surface area contributed by atoms with Crippen LogP contribution in [0.5, 0.6) is 0 Å². The van der Waals surface area contributed by atoms with Gasteiger partial charge in [-0.3, -0.25) is 15.6 Å². The molecule has 74 valence electrons. The predicted octanol–water partition coefficient (Wildman–Crippen LogP) is -1.06. The van der Waals surface area contributed by atoms with Gasteiger partial charge in [0, 0.05) is 0 Å². The van der Waals surface area contributed by atoms with Gasteiger partial charge in [-0.2, -0.15) is 13.2 Å². The second-order valence-electron chi connectivity index (χ2n) is 2.29. The van der Waals surface area contributed by atoms with E-state index in [9.17, 15) is 18.0 Å². The molecule has 5 nitrogen and oxygen atoms in total. The number of alkyl halides is 3. The molecule has 0 radical (unpaired) electrons. The quantitative estimate of drug-likeness (QED) is 0.501. The predicted molar refractivity (Wildman–Crippen MR) is 35.6 cm³/mol. The summed E-state index contributed by atoms with van der Waals surface area (Å²) in [5, 5.41) is 8.48. The highest BCUT2D eigenvalue weighted by Crippen LogP contribution is 2.17. The molecule has 3 N–H and O–H groups in total. The van der Waals surface area contributed by atoms with Crippen LogP contribution in [0.3, 0.4) is 0 Å². The standard InChI is InChI=1S/C5H6F3N3O2/c6-5(7,8)4-9-2(1-12)3(13)10-11-4/h2,12H,1H2,(H,9,11)(H,10,13). The van der Waals surface area contributed by atoms with Gasteiger partial charge in [-0.1, -0.05) is 0 Å². The molecular weight excluding hydrogens is 191 g/mol. The number of hydrazine groups is 1. The van der Waals surface area contributed by atoms with Gasteiger partial charge in [-0.05, 0) is 0 Å². The van der Waals surface area contributed by atoms with Crippen LogP contribution in [0.1, 0.15) is 0 Å². The van der Waals surface area contributed by atoms with E-state index in [4.69, 9.17) is 5.11 Å². The molecular formula is C5H6F3N3O2. The Morgan fingerprint density at radius 2 is 2.08 bits per heavy atom. The van der Waals surface area contributed by atoms with E-state index in [-0.39, 0.29) is 0 Å². The van der Waals surface area contributed by atoms with Crippen LogP contribution in [0, 0.1) is 0 Å². The average Bonchev–Trinajstić information content (AvgIpc) is 2.03. The number of halogens is 3.